The van der Waals surface area contributed by atoms with Gasteiger partial charge >= 0.3 is 11.9 Å². The number of benzene rings is 2. The van der Waals surface area contributed by atoms with Gasteiger partial charge in [-0.1, -0.05) is 42.5 Å². The van der Waals surface area contributed by atoms with Crippen molar-refractivity contribution in [3.8, 4) is 0 Å². The number of carbonyl (C=O) groups excluding carboxylic acids is 3. The molecule has 138 valence electrons. The van der Waals surface area contributed by atoms with Crippen LogP contribution in [0, 0.1) is 0 Å². The lowest BCUT2D eigenvalue weighted by molar-refractivity contribution is -0.156. The van der Waals surface area contributed by atoms with E-state index >= 15 is 0 Å². The maximum absolute atomic E-state index is 12.0. The molecular formula is C21H24O5. The Balaban J connectivity index is 1.79. The van der Waals surface area contributed by atoms with Gasteiger partial charge in [0.05, 0.1) is 12.8 Å². The minimum Gasteiger partial charge on any atom is -0.460 e. The van der Waals surface area contributed by atoms with Gasteiger partial charge in [0.2, 0.25) is 0 Å². The van der Waals surface area contributed by atoms with E-state index < -0.39 is 17.5 Å². The van der Waals surface area contributed by atoms with Crippen LogP contribution in [0.4, 0.5) is 0 Å². The Morgan fingerprint density at radius 3 is 2.31 bits per heavy atom. The Morgan fingerprint density at radius 2 is 1.58 bits per heavy atom. The first kappa shape index (κ1) is 19.6. The molecule has 0 aromatic heterocycles. The van der Waals surface area contributed by atoms with E-state index in [1.807, 2.05) is 42.5 Å². The first-order valence-corrected chi connectivity index (χ1v) is 8.60. The van der Waals surface area contributed by atoms with Gasteiger partial charge in [0.15, 0.2) is 5.78 Å². The minimum atomic E-state index is -0.578. The van der Waals surface area contributed by atoms with Crippen LogP contribution in [0.25, 0.3) is 10.8 Å². The van der Waals surface area contributed by atoms with Gasteiger partial charge in [0.1, 0.15) is 12.2 Å². The van der Waals surface area contributed by atoms with E-state index in [4.69, 9.17) is 9.47 Å². The quantitative estimate of drug-likeness (QED) is 0.709. The van der Waals surface area contributed by atoms with E-state index in [9.17, 15) is 14.4 Å². The second kappa shape index (κ2) is 8.61. The Kier molecular flexibility index (Phi) is 6.50. The normalized spacial score (nSPS) is 11.2. The monoisotopic (exact) mass is 356 g/mol. The van der Waals surface area contributed by atoms with Crippen LogP contribution < -0.4 is 0 Å². The molecule has 0 saturated carbocycles. The number of fused-ring (bicyclic) bond motifs is 1. The third kappa shape index (κ3) is 6.31. The van der Waals surface area contributed by atoms with Crippen LogP contribution in [0.3, 0.4) is 0 Å². The van der Waals surface area contributed by atoms with Gasteiger partial charge in [0, 0.05) is 6.42 Å². The maximum Gasteiger partial charge on any atom is 0.310 e. The molecule has 5 nitrogen and oxygen atoms in total. The van der Waals surface area contributed by atoms with E-state index in [2.05, 4.69) is 0 Å². The SMILES string of the molecule is CC(C)(C)OC(=O)CCC(=O)COC(=O)Cc1cccc2ccccc12. The van der Waals surface area contributed by atoms with Crippen LogP contribution >= 0.6 is 0 Å². The summed E-state index contributed by atoms with van der Waals surface area (Å²) in [6.07, 6.45) is 0.0775. The molecule has 26 heavy (non-hydrogen) atoms. The summed E-state index contributed by atoms with van der Waals surface area (Å²) in [6, 6.07) is 13.5. The summed E-state index contributed by atoms with van der Waals surface area (Å²) in [5, 5.41) is 2.04. The summed E-state index contributed by atoms with van der Waals surface area (Å²) in [6.45, 7) is 4.97. The van der Waals surface area contributed by atoms with E-state index in [1.54, 1.807) is 20.8 Å². The summed E-state index contributed by atoms with van der Waals surface area (Å²) in [5.41, 5.74) is 0.278. The van der Waals surface area contributed by atoms with E-state index in [0.29, 0.717) is 0 Å². The van der Waals surface area contributed by atoms with Gasteiger partial charge in [-0.3, -0.25) is 14.4 Å². The molecule has 0 spiro atoms. The van der Waals surface area contributed by atoms with Gasteiger partial charge in [-0.2, -0.15) is 0 Å². The Labute approximate surface area is 153 Å². The first-order chi connectivity index (χ1) is 12.2. The number of ether oxygens (including phenoxy) is 2. The lowest BCUT2D eigenvalue weighted by Gasteiger charge is -2.19. The molecule has 0 aliphatic carbocycles. The third-order valence-electron chi connectivity index (χ3n) is 3.64. The summed E-state index contributed by atoms with van der Waals surface area (Å²) < 4.78 is 10.2. The highest BCUT2D eigenvalue weighted by molar-refractivity contribution is 5.90. The highest BCUT2D eigenvalue weighted by atomic mass is 16.6. The fourth-order valence-electron chi connectivity index (χ4n) is 2.52. The highest BCUT2D eigenvalue weighted by Crippen LogP contribution is 2.19. The summed E-state index contributed by atoms with van der Waals surface area (Å²) in [5.74, 6) is -1.21. The van der Waals surface area contributed by atoms with E-state index in [0.717, 1.165) is 16.3 Å². The molecule has 0 heterocycles. The maximum atomic E-state index is 12.0. The number of rotatable bonds is 7. The molecule has 0 radical (unpaired) electrons. The molecule has 2 aromatic carbocycles. The van der Waals surface area contributed by atoms with Crippen molar-refractivity contribution in [2.75, 3.05) is 6.61 Å². The zero-order valence-electron chi connectivity index (χ0n) is 15.4. The molecule has 0 saturated heterocycles. The van der Waals surface area contributed by atoms with Crippen molar-refractivity contribution in [1.29, 1.82) is 0 Å². The lowest BCUT2D eigenvalue weighted by Crippen LogP contribution is -2.24. The van der Waals surface area contributed by atoms with Gasteiger partial charge in [0.25, 0.3) is 0 Å². The summed E-state index contributed by atoms with van der Waals surface area (Å²) in [4.78, 5) is 35.4. The Hall–Kier alpha value is -2.69. The average molecular weight is 356 g/mol. The van der Waals surface area contributed by atoms with Gasteiger partial charge < -0.3 is 9.47 Å². The predicted molar refractivity (Wildman–Crippen MR) is 98.7 cm³/mol. The molecule has 0 bridgehead atoms. The Morgan fingerprint density at radius 1 is 0.885 bits per heavy atom. The zero-order valence-corrected chi connectivity index (χ0v) is 15.4. The topological polar surface area (TPSA) is 69.7 Å². The average Bonchev–Trinajstić information content (AvgIpc) is 2.57. The number of ketones is 1. The molecular weight excluding hydrogens is 332 g/mol. The zero-order chi connectivity index (χ0) is 19.2. The predicted octanol–water partition coefficient (Wildman–Crippen LogP) is 3.62. The molecule has 2 rings (SSSR count). The molecule has 5 heteroatoms. The number of Topliss-reactive ketones (excluding diaryl/α,β-unsaturated/α-hetero) is 1. The number of hydrogen-bond donors (Lipinski definition) is 0. The van der Waals surface area contributed by atoms with E-state index in [1.165, 1.54) is 0 Å². The Bertz CT molecular complexity index is 796. The number of carbonyl (C=O) groups is 3. The molecule has 0 amide bonds. The molecule has 0 aliphatic heterocycles. The first-order valence-electron chi connectivity index (χ1n) is 8.60. The van der Waals surface area contributed by atoms with Crippen molar-refractivity contribution >= 4 is 28.5 Å². The van der Waals surface area contributed by atoms with Crippen LogP contribution in [0.2, 0.25) is 0 Å². The van der Waals surface area contributed by atoms with E-state index in [-0.39, 0.29) is 31.7 Å². The van der Waals surface area contributed by atoms with Gasteiger partial charge in [-0.05, 0) is 37.1 Å². The standard InChI is InChI=1S/C21H24O5/c1-21(2,3)26-19(23)12-11-17(22)14-25-20(24)13-16-9-6-8-15-7-4-5-10-18(15)16/h4-10H,11-14H2,1-3H3. The second-order valence-corrected chi connectivity index (χ2v) is 7.10. The smallest absolute Gasteiger partial charge is 0.310 e. The highest BCUT2D eigenvalue weighted by Gasteiger charge is 2.17. The van der Waals surface area contributed by atoms with Crippen molar-refractivity contribution in [1.82, 2.24) is 0 Å². The molecule has 0 fully saturated rings. The van der Waals surface area contributed by atoms with Gasteiger partial charge in [-0.15, -0.1) is 0 Å². The minimum absolute atomic E-state index is 0.00351. The van der Waals surface area contributed by atoms with Crippen LogP contribution in [0.1, 0.15) is 39.2 Å². The van der Waals surface area contributed by atoms with Gasteiger partial charge in [-0.25, -0.2) is 0 Å². The summed E-state index contributed by atoms with van der Waals surface area (Å²) >= 11 is 0. The van der Waals surface area contributed by atoms with Crippen molar-refractivity contribution in [2.24, 2.45) is 0 Å². The fraction of sp³-hybridized carbons (Fsp3) is 0.381. The molecule has 0 aliphatic rings. The van der Waals surface area contributed by atoms with Crippen molar-refractivity contribution < 1.29 is 23.9 Å². The lowest BCUT2D eigenvalue weighted by atomic mass is 10.0. The van der Waals surface area contributed by atoms with Crippen molar-refractivity contribution in [3.05, 3.63) is 48.0 Å². The van der Waals surface area contributed by atoms with Crippen LogP contribution in [-0.2, 0) is 30.3 Å². The fourth-order valence-corrected chi connectivity index (χ4v) is 2.52. The summed E-state index contributed by atoms with van der Waals surface area (Å²) in [7, 11) is 0. The largest absolute Gasteiger partial charge is 0.460 e. The molecule has 0 N–H and O–H groups in total. The van der Waals surface area contributed by atoms with Crippen LogP contribution in [0.5, 0.6) is 0 Å². The van der Waals surface area contributed by atoms with Crippen LogP contribution in [0.15, 0.2) is 42.5 Å². The molecule has 0 unspecified atom stereocenters. The number of esters is 2. The van der Waals surface area contributed by atoms with Crippen LogP contribution in [-0.4, -0.2) is 29.9 Å². The molecule has 2 aromatic rings. The molecule has 0 atom stereocenters. The second-order valence-electron chi connectivity index (χ2n) is 7.10. The van der Waals surface area contributed by atoms with Crippen molar-refractivity contribution in [2.45, 2.75) is 45.6 Å². The number of hydrogen-bond acceptors (Lipinski definition) is 5. The van der Waals surface area contributed by atoms with Crippen molar-refractivity contribution in [3.63, 3.8) is 0 Å². The third-order valence-corrected chi connectivity index (χ3v) is 3.64.